The highest BCUT2D eigenvalue weighted by molar-refractivity contribution is 9.10. The molecule has 1 fully saturated rings. The highest BCUT2D eigenvalue weighted by atomic mass is 79.9. The topological polar surface area (TPSA) is 63.4 Å². The fourth-order valence-corrected chi connectivity index (χ4v) is 5.62. The van der Waals surface area contributed by atoms with Crippen LogP contribution in [-0.4, -0.2) is 24.8 Å². The van der Waals surface area contributed by atoms with Gasteiger partial charge in [0.2, 0.25) is 10.0 Å². The molecule has 118 valence electrons. The molecule has 0 aliphatic carbocycles. The van der Waals surface area contributed by atoms with E-state index in [4.69, 9.17) is 5.73 Å². The minimum atomic E-state index is -3.87. The zero-order valence-corrected chi connectivity index (χ0v) is 14.5. The van der Waals surface area contributed by atoms with Crippen LogP contribution in [0.25, 0.3) is 0 Å². The first-order chi connectivity index (χ1) is 9.78. The van der Waals surface area contributed by atoms with Gasteiger partial charge < -0.3 is 5.73 Å². The fraction of sp³-hybridized carbons (Fsp3) is 0.571. The molecule has 0 saturated carbocycles. The Kier molecular flexibility index (Phi) is 5.07. The van der Waals surface area contributed by atoms with Crippen molar-refractivity contribution in [1.29, 1.82) is 0 Å². The largest absolute Gasteiger partial charge is 0.326 e. The van der Waals surface area contributed by atoms with Gasteiger partial charge in [0.25, 0.3) is 0 Å². The first-order valence-electron chi connectivity index (χ1n) is 7.00. The average molecular weight is 379 g/mol. The maximum Gasteiger partial charge on any atom is 0.246 e. The Bertz CT molecular complexity index is 626. The van der Waals surface area contributed by atoms with E-state index in [1.807, 2.05) is 13.8 Å². The number of halogens is 2. The van der Waals surface area contributed by atoms with Crippen LogP contribution in [-0.2, 0) is 16.6 Å². The molecule has 0 amide bonds. The molecule has 21 heavy (non-hydrogen) atoms. The first-order valence-corrected chi connectivity index (χ1v) is 9.24. The molecule has 2 atom stereocenters. The standard InChI is InChI=1S/C14H20BrFN2O2S/c1-9-4-3-5-10(2)18(9)21(19,20)13-7-12(15)6-11(8-17)14(13)16/h6-7,9-10H,3-5,8,17H2,1-2H3. The van der Waals surface area contributed by atoms with Crippen molar-refractivity contribution in [3.05, 3.63) is 28.0 Å². The number of sulfonamides is 1. The second kappa shape index (κ2) is 6.32. The number of rotatable bonds is 3. The van der Waals surface area contributed by atoms with Gasteiger partial charge in [0.15, 0.2) is 0 Å². The van der Waals surface area contributed by atoms with Gasteiger partial charge in [0.05, 0.1) is 0 Å². The van der Waals surface area contributed by atoms with Crippen LogP contribution in [0.1, 0.15) is 38.7 Å². The molecule has 1 aliphatic rings. The van der Waals surface area contributed by atoms with E-state index in [0.717, 1.165) is 19.3 Å². The lowest BCUT2D eigenvalue weighted by Crippen LogP contribution is -2.47. The van der Waals surface area contributed by atoms with Gasteiger partial charge in [-0.3, -0.25) is 0 Å². The lowest BCUT2D eigenvalue weighted by atomic mass is 10.0. The summed E-state index contributed by atoms with van der Waals surface area (Å²) < 4.78 is 42.1. The molecular formula is C14H20BrFN2O2S. The summed E-state index contributed by atoms with van der Waals surface area (Å²) in [6.45, 7) is 3.69. The number of hydrogen-bond donors (Lipinski definition) is 1. The third kappa shape index (κ3) is 3.16. The average Bonchev–Trinajstić information content (AvgIpc) is 2.40. The number of piperidine rings is 1. The van der Waals surface area contributed by atoms with Gasteiger partial charge in [-0.05, 0) is 38.8 Å². The smallest absolute Gasteiger partial charge is 0.246 e. The summed E-state index contributed by atoms with van der Waals surface area (Å²) in [5.41, 5.74) is 5.69. The van der Waals surface area contributed by atoms with E-state index >= 15 is 0 Å². The SMILES string of the molecule is CC1CCCC(C)N1S(=O)(=O)c1cc(Br)cc(CN)c1F. The summed E-state index contributed by atoms with van der Waals surface area (Å²) in [7, 11) is -3.87. The number of benzene rings is 1. The highest BCUT2D eigenvalue weighted by Crippen LogP contribution is 2.32. The van der Waals surface area contributed by atoms with Crippen LogP contribution >= 0.6 is 15.9 Å². The summed E-state index contributed by atoms with van der Waals surface area (Å²) in [4.78, 5) is -0.294. The van der Waals surface area contributed by atoms with E-state index in [2.05, 4.69) is 15.9 Å². The Morgan fingerprint density at radius 2 is 1.90 bits per heavy atom. The van der Waals surface area contributed by atoms with Crippen molar-refractivity contribution in [3.63, 3.8) is 0 Å². The van der Waals surface area contributed by atoms with E-state index < -0.39 is 15.8 Å². The zero-order valence-electron chi connectivity index (χ0n) is 12.1. The van der Waals surface area contributed by atoms with Gasteiger partial charge in [-0.15, -0.1) is 0 Å². The Balaban J connectivity index is 2.56. The molecule has 1 heterocycles. The summed E-state index contributed by atoms with van der Waals surface area (Å²) in [5.74, 6) is -0.745. The van der Waals surface area contributed by atoms with E-state index in [-0.39, 0.29) is 29.1 Å². The van der Waals surface area contributed by atoms with Crippen LogP contribution < -0.4 is 5.73 Å². The number of nitrogens with zero attached hydrogens (tertiary/aromatic N) is 1. The fourth-order valence-electron chi connectivity index (χ4n) is 2.94. The molecule has 0 bridgehead atoms. The second-order valence-electron chi connectivity index (χ2n) is 5.55. The van der Waals surface area contributed by atoms with Crippen molar-refractivity contribution in [1.82, 2.24) is 4.31 Å². The lowest BCUT2D eigenvalue weighted by Gasteiger charge is -2.37. The third-order valence-electron chi connectivity index (χ3n) is 3.97. The van der Waals surface area contributed by atoms with Crippen molar-refractivity contribution in [2.45, 2.75) is 56.6 Å². The molecule has 1 saturated heterocycles. The molecule has 7 heteroatoms. The van der Waals surface area contributed by atoms with Gasteiger partial charge in [-0.25, -0.2) is 12.8 Å². The summed E-state index contributed by atoms with van der Waals surface area (Å²) in [6.07, 6.45) is 2.58. The predicted octanol–water partition coefficient (Wildman–Crippen LogP) is 3.00. The Morgan fingerprint density at radius 3 is 2.43 bits per heavy atom. The van der Waals surface area contributed by atoms with E-state index in [9.17, 15) is 12.8 Å². The maximum atomic E-state index is 14.5. The number of hydrogen-bond acceptors (Lipinski definition) is 3. The summed E-state index contributed by atoms with van der Waals surface area (Å²) in [5, 5.41) is 0. The van der Waals surface area contributed by atoms with Gasteiger partial charge in [-0.1, -0.05) is 22.4 Å². The third-order valence-corrected chi connectivity index (χ3v) is 6.55. The van der Waals surface area contributed by atoms with Crippen LogP contribution in [0.15, 0.2) is 21.5 Å². The van der Waals surface area contributed by atoms with E-state index in [1.54, 1.807) is 0 Å². The molecule has 2 unspecified atom stereocenters. The predicted molar refractivity (Wildman–Crippen MR) is 83.8 cm³/mol. The molecule has 1 aromatic rings. The van der Waals surface area contributed by atoms with Crippen molar-refractivity contribution in [2.75, 3.05) is 0 Å². The van der Waals surface area contributed by atoms with Crippen LogP contribution in [0.5, 0.6) is 0 Å². The van der Waals surface area contributed by atoms with Crippen molar-refractivity contribution in [3.8, 4) is 0 Å². The van der Waals surface area contributed by atoms with Gasteiger partial charge in [0, 0.05) is 28.7 Å². The molecule has 2 rings (SSSR count). The molecule has 1 aromatic carbocycles. The minimum absolute atomic E-state index is 0.0428. The Labute approximate surface area is 133 Å². The molecular weight excluding hydrogens is 359 g/mol. The van der Waals surface area contributed by atoms with Gasteiger partial charge >= 0.3 is 0 Å². The quantitative estimate of drug-likeness (QED) is 0.878. The first kappa shape index (κ1) is 16.9. The molecule has 0 radical (unpaired) electrons. The lowest BCUT2D eigenvalue weighted by molar-refractivity contribution is 0.203. The molecule has 0 spiro atoms. The van der Waals surface area contributed by atoms with Crippen molar-refractivity contribution >= 4 is 26.0 Å². The number of nitrogens with two attached hydrogens (primary N) is 1. The second-order valence-corrected chi connectivity index (χ2v) is 8.27. The highest BCUT2D eigenvalue weighted by Gasteiger charge is 2.37. The van der Waals surface area contributed by atoms with Crippen LogP contribution in [0.3, 0.4) is 0 Å². The van der Waals surface area contributed by atoms with E-state index in [0.29, 0.717) is 4.47 Å². The van der Waals surface area contributed by atoms with Crippen LogP contribution in [0, 0.1) is 5.82 Å². The normalized spacial score (nSPS) is 24.2. The minimum Gasteiger partial charge on any atom is -0.326 e. The van der Waals surface area contributed by atoms with Gasteiger partial charge in [0.1, 0.15) is 10.7 Å². The van der Waals surface area contributed by atoms with Crippen LogP contribution in [0.4, 0.5) is 4.39 Å². The maximum absolute atomic E-state index is 14.5. The van der Waals surface area contributed by atoms with E-state index in [1.165, 1.54) is 16.4 Å². The molecule has 1 aliphatic heterocycles. The molecule has 0 aromatic heterocycles. The van der Waals surface area contributed by atoms with Gasteiger partial charge in [-0.2, -0.15) is 4.31 Å². The molecule has 4 nitrogen and oxygen atoms in total. The Morgan fingerprint density at radius 1 is 1.33 bits per heavy atom. The van der Waals surface area contributed by atoms with Crippen molar-refractivity contribution in [2.24, 2.45) is 5.73 Å². The van der Waals surface area contributed by atoms with Crippen LogP contribution in [0.2, 0.25) is 0 Å². The summed E-state index contributed by atoms with van der Waals surface area (Å²) >= 11 is 3.23. The molecule has 2 N–H and O–H groups in total. The Hall–Kier alpha value is -0.500. The van der Waals surface area contributed by atoms with Crippen molar-refractivity contribution < 1.29 is 12.8 Å². The monoisotopic (exact) mass is 378 g/mol. The zero-order chi connectivity index (χ0) is 15.8. The summed E-state index contributed by atoms with van der Waals surface area (Å²) in [6, 6.07) is 2.58.